The lowest BCUT2D eigenvalue weighted by atomic mass is 9.84. The van der Waals surface area contributed by atoms with Gasteiger partial charge in [-0.15, -0.1) is 0 Å². The lowest BCUT2D eigenvalue weighted by molar-refractivity contribution is 0.492. The lowest BCUT2D eigenvalue weighted by Crippen LogP contribution is -2.08. The number of rotatable bonds is 0. The largest absolute Gasteiger partial charge is 0.0879 e. The van der Waals surface area contributed by atoms with Crippen molar-refractivity contribution in [2.75, 3.05) is 0 Å². The Kier molecular flexibility index (Phi) is 2.53. The smallest absolute Gasteiger partial charge is 0.0134 e. The van der Waals surface area contributed by atoms with Gasteiger partial charge in [0.25, 0.3) is 0 Å². The number of hydrogen-bond donors (Lipinski definition) is 0. The predicted molar refractivity (Wildman–Crippen MR) is 50.5 cm³/mol. The first kappa shape index (κ1) is 8.58. The molecule has 0 spiro atoms. The van der Waals surface area contributed by atoms with Crippen LogP contribution in [-0.2, 0) is 0 Å². The Morgan fingerprint density at radius 2 is 1.82 bits per heavy atom. The van der Waals surface area contributed by atoms with Gasteiger partial charge in [0.15, 0.2) is 0 Å². The van der Waals surface area contributed by atoms with E-state index in [9.17, 15) is 0 Å². The summed E-state index contributed by atoms with van der Waals surface area (Å²) in [6.07, 6.45) is 10.6. The summed E-state index contributed by atoms with van der Waals surface area (Å²) in [6, 6.07) is 0. The van der Waals surface area contributed by atoms with Crippen LogP contribution in [0, 0.1) is 5.41 Å². The van der Waals surface area contributed by atoms with Crippen molar-refractivity contribution in [1.29, 1.82) is 0 Å². The summed E-state index contributed by atoms with van der Waals surface area (Å²) >= 11 is 0. The fourth-order valence-corrected chi connectivity index (χ4v) is 1.38. The maximum absolute atomic E-state index is 2.40. The average molecular weight is 150 g/mol. The van der Waals surface area contributed by atoms with E-state index in [0.29, 0.717) is 5.41 Å². The van der Waals surface area contributed by atoms with E-state index in [1.807, 2.05) is 0 Å². The molecule has 0 N–H and O–H groups in total. The molecule has 0 saturated carbocycles. The monoisotopic (exact) mass is 150 g/mol. The fourth-order valence-electron chi connectivity index (χ4n) is 1.38. The zero-order chi connectivity index (χ0) is 8.32. The van der Waals surface area contributed by atoms with Gasteiger partial charge in [-0.05, 0) is 24.7 Å². The Morgan fingerprint density at radius 1 is 1.09 bits per heavy atom. The van der Waals surface area contributed by atoms with Gasteiger partial charge in [-0.2, -0.15) is 0 Å². The van der Waals surface area contributed by atoms with Crippen molar-refractivity contribution in [3.05, 3.63) is 23.8 Å². The second-order valence-corrected chi connectivity index (χ2v) is 4.23. The highest BCUT2D eigenvalue weighted by Crippen LogP contribution is 2.29. The normalized spacial score (nSPS) is 19.4. The first-order valence-corrected chi connectivity index (χ1v) is 4.45. The first-order chi connectivity index (χ1) is 5.11. The van der Waals surface area contributed by atoms with Gasteiger partial charge in [0.2, 0.25) is 0 Å². The molecule has 0 unspecified atom stereocenters. The molecule has 0 amide bonds. The molecule has 0 bridgehead atoms. The summed E-state index contributed by atoms with van der Waals surface area (Å²) in [5.41, 5.74) is 1.96. The predicted octanol–water partition coefficient (Wildman–Crippen LogP) is 3.70. The maximum Gasteiger partial charge on any atom is -0.0134 e. The molecule has 1 aliphatic carbocycles. The topological polar surface area (TPSA) is 0 Å². The van der Waals surface area contributed by atoms with Crippen LogP contribution >= 0.6 is 0 Å². The third-order valence-corrected chi connectivity index (χ3v) is 2.19. The van der Waals surface area contributed by atoms with E-state index in [1.54, 1.807) is 5.57 Å². The van der Waals surface area contributed by atoms with Crippen molar-refractivity contribution in [2.45, 2.75) is 40.0 Å². The molecular weight excluding hydrogens is 132 g/mol. The van der Waals surface area contributed by atoms with E-state index >= 15 is 0 Å². The SMILES string of the molecule is CC(C)(C)C1=CCCC=CC1. The van der Waals surface area contributed by atoms with Crippen molar-refractivity contribution in [1.82, 2.24) is 0 Å². The molecule has 0 fully saturated rings. The van der Waals surface area contributed by atoms with Crippen LogP contribution < -0.4 is 0 Å². The zero-order valence-corrected chi connectivity index (χ0v) is 7.85. The van der Waals surface area contributed by atoms with Gasteiger partial charge in [0.1, 0.15) is 0 Å². The second kappa shape index (κ2) is 3.25. The summed E-state index contributed by atoms with van der Waals surface area (Å²) in [4.78, 5) is 0. The van der Waals surface area contributed by atoms with Crippen LogP contribution in [-0.4, -0.2) is 0 Å². The molecule has 0 saturated heterocycles. The molecule has 0 radical (unpaired) electrons. The van der Waals surface area contributed by atoms with Crippen molar-refractivity contribution in [3.8, 4) is 0 Å². The van der Waals surface area contributed by atoms with E-state index < -0.39 is 0 Å². The van der Waals surface area contributed by atoms with Gasteiger partial charge < -0.3 is 0 Å². The van der Waals surface area contributed by atoms with Gasteiger partial charge in [0.05, 0.1) is 0 Å². The van der Waals surface area contributed by atoms with Gasteiger partial charge >= 0.3 is 0 Å². The first-order valence-electron chi connectivity index (χ1n) is 4.45. The van der Waals surface area contributed by atoms with E-state index in [2.05, 4.69) is 39.0 Å². The van der Waals surface area contributed by atoms with Crippen LogP contribution in [0.3, 0.4) is 0 Å². The Balaban J connectivity index is 2.70. The van der Waals surface area contributed by atoms with Gasteiger partial charge in [0, 0.05) is 0 Å². The quantitative estimate of drug-likeness (QED) is 0.462. The Morgan fingerprint density at radius 3 is 2.45 bits per heavy atom. The van der Waals surface area contributed by atoms with Crippen LogP contribution in [0.2, 0.25) is 0 Å². The molecule has 0 aromatic rings. The summed E-state index contributed by atoms with van der Waals surface area (Å²) in [6.45, 7) is 6.87. The second-order valence-electron chi connectivity index (χ2n) is 4.23. The molecular formula is C11H18. The molecule has 62 valence electrons. The Labute approximate surface area is 70.0 Å². The van der Waals surface area contributed by atoms with Crippen LogP contribution in [0.5, 0.6) is 0 Å². The summed E-state index contributed by atoms with van der Waals surface area (Å²) < 4.78 is 0. The van der Waals surface area contributed by atoms with Crippen molar-refractivity contribution < 1.29 is 0 Å². The van der Waals surface area contributed by atoms with E-state index in [1.165, 1.54) is 12.8 Å². The van der Waals surface area contributed by atoms with E-state index in [4.69, 9.17) is 0 Å². The van der Waals surface area contributed by atoms with Crippen molar-refractivity contribution >= 4 is 0 Å². The van der Waals surface area contributed by atoms with Crippen molar-refractivity contribution in [2.24, 2.45) is 5.41 Å². The molecule has 0 atom stereocenters. The van der Waals surface area contributed by atoms with Crippen LogP contribution in [0.4, 0.5) is 0 Å². The summed E-state index contributed by atoms with van der Waals surface area (Å²) in [7, 11) is 0. The highest BCUT2D eigenvalue weighted by molar-refractivity contribution is 5.17. The lowest BCUT2D eigenvalue weighted by Gasteiger charge is -2.21. The molecule has 0 aliphatic heterocycles. The fraction of sp³-hybridized carbons (Fsp3) is 0.636. The molecule has 0 aromatic heterocycles. The molecule has 0 nitrogen and oxygen atoms in total. The molecule has 1 aliphatic rings. The van der Waals surface area contributed by atoms with Gasteiger partial charge in [-0.25, -0.2) is 0 Å². The minimum Gasteiger partial charge on any atom is -0.0879 e. The third kappa shape index (κ3) is 2.53. The Bertz CT molecular complexity index is 177. The Hall–Kier alpha value is -0.520. The number of hydrogen-bond acceptors (Lipinski definition) is 0. The van der Waals surface area contributed by atoms with Gasteiger partial charge in [-0.3, -0.25) is 0 Å². The average Bonchev–Trinajstić information content (AvgIpc) is 2.10. The highest BCUT2D eigenvalue weighted by atomic mass is 14.2. The zero-order valence-electron chi connectivity index (χ0n) is 7.85. The standard InChI is InChI=1S/C11H18/c1-11(2,3)10-8-6-4-5-7-9-10/h4,6,9H,5,7-8H2,1-3H3. The summed E-state index contributed by atoms with van der Waals surface area (Å²) in [5.74, 6) is 0. The molecule has 0 aromatic carbocycles. The maximum atomic E-state index is 2.40. The minimum absolute atomic E-state index is 0.370. The molecule has 11 heavy (non-hydrogen) atoms. The van der Waals surface area contributed by atoms with Crippen molar-refractivity contribution in [3.63, 3.8) is 0 Å². The van der Waals surface area contributed by atoms with E-state index in [0.717, 1.165) is 6.42 Å². The van der Waals surface area contributed by atoms with Gasteiger partial charge in [-0.1, -0.05) is 44.6 Å². The highest BCUT2D eigenvalue weighted by Gasteiger charge is 2.15. The van der Waals surface area contributed by atoms with Crippen LogP contribution in [0.15, 0.2) is 23.8 Å². The summed E-state index contributed by atoms with van der Waals surface area (Å²) in [5, 5.41) is 0. The molecule has 0 heterocycles. The van der Waals surface area contributed by atoms with Crippen LogP contribution in [0.25, 0.3) is 0 Å². The van der Waals surface area contributed by atoms with E-state index in [-0.39, 0.29) is 0 Å². The number of allylic oxidation sites excluding steroid dienone is 4. The third-order valence-electron chi connectivity index (χ3n) is 2.19. The molecule has 0 heteroatoms. The van der Waals surface area contributed by atoms with Crippen LogP contribution in [0.1, 0.15) is 40.0 Å². The minimum atomic E-state index is 0.370. The molecule has 1 rings (SSSR count).